The van der Waals surface area contributed by atoms with E-state index in [0.29, 0.717) is 17.8 Å². The largest absolute Gasteiger partial charge is 0.393 e. The predicted octanol–water partition coefficient (Wildman–Crippen LogP) is 3.89. The standard InChI is InChI=1S/C20H33NO2/c1-4-15-16-6-5-13(12-21)20(16,3)11-17(23)18(15)19(2)9-7-14(22)8-10-19/h13-18,22-23H,4-11H2,1-3H3. The quantitative estimate of drug-likeness (QED) is 0.811. The van der Waals surface area contributed by atoms with Gasteiger partial charge in [0, 0.05) is 0 Å². The molecule has 6 unspecified atom stereocenters. The monoisotopic (exact) mass is 319 g/mol. The summed E-state index contributed by atoms with van der Waals surface area (Å²) in [5, 5.41) is 30.5. The zero-order valence-electron chi connectivity index (χ0n) is 15.0. The van der Waals surface area contributed by atoms with E-state index in [0.717, 1.165) is 51.4 Å². The van der Waals surface area contributed by atoms with Gasteiger partial charge in [-0.15, -0.1) is 0 Å². The highest BCUT2D eigenvalue weighted by Crippen LogP contribution is 2.63. The molecule has 3 rings (SSSR count). The molecule has 0 bridgehead atoms. The average molecular weight is 319 g/mol. The third-order valence-electron chi connectivity index (χ3n) is 7.98. The van der Waals surface area contributed by atoms with E-state index in [1.807, 2.05) is 0 Å². The summed E-state index contributed by atoms with van der Waals surface area (Å²) in [6.07, 6.45) is 7.39. The van der Waals surface area contributed by atoms with Crippen LogP contribution in [0.5, 0.6) is 0 Å². The second-order valence-corrected chi connectivity index (χ2v) is 9.13. The summed E-state index contributed by atoms with van der Waals surface area (Å²) in [6.45, 7) is 6.86. The first-order valence-electron chi connectivity index (χ1n) is 9.61. The van der Waals surface area contributed by atoms with Crippen LogP contribution in [0, 0.1) is 45.8 Å². The van der Waals surface area contributed by atoms with Crippen LogP contribution in [0.25, 0.3) is 0 Å². The zero-order chi connectivity index (χ0) is 16.8. The molecule has 2 N–H and O–H groups in total. The summed E-state index contributed by atoms with van der Waals surface area (Å²) in [7, 11) is 0. The molecule has 3 heteroatoms. The number of rotatable bonds is 2. The lowest BCUT2D eigenvalue weighted by molar-refractivity contribution is -0.131. The van der Waals surface area contributed by atoms with E-state index >= 15 is 0 Å². The number of aliphatic hydroxyl groups is 2. The van der Waals surface area contributed by atoms with Gasteiger partial charge in [0.2, 0.25) is 0 Å². The Bertz CT molecular complexity index is 477. The van der Waals surface area contributed by atoms with Gasteiger partial charge in [0.15, 0.2) is 0 Å². The Morgan fingerprint density at radius 3 is 2.30 bits per heavy atom. The topological polar surface area (TPSA) is 64.2 Å². The Balaban J connectivity index is 1.90. The van der Waals surface area contributed by atoms with E-state index in [4.69, 9.17) is 0 Å². The molecule has 0 aromatic rings. The third-order valence-corrected chi connectivity index (χ3v) is 7.98. The predicted molar refractivity (Wildman–Crippen MR) is 90.4 cm³/mol. The SMILES string of the molecule is CCC1C(C2(C)CCC(O)CC2)C(O)CC2(C)C(C#N)CCC12. The molecule has 0 radical (unpaired) electrons. The summed E-state index contributed by atoms with van der Waals surface area (Å²) < 4.78 is 0. The van der Waals surface area contributed by atoms with E-state index in [2.05, 4.69) is 26.8 Å². The van der Waals surface area contributed by atoms with Crippen LogP contribution in [0.2, 0.25) is 0 Å². The minimum atomic E-state index is -0.296. The molecule has 23 heavy (non-hydrogen) atoms. The van der Waals surface area contributed by atoms with Crippen molar-refractivity contribution >= 4 is 0 Å². The number of fused-ring (bicyclic) bond motifs is 1. The fraction of sp³-hybridized carbons (Fsp3) is 0.950. The summed E-state index contributed by atoms with van der Waals surface area (Å²) in [5.74, 6) is 1.53. The maximum atomic E-state index is 11.1. The van der Waals surface area contributed by atoms with Crippen molar-refractivity contribution in [2.24, 2.45) is 34.5 Å². The summed E-state index contributed by atoms with van der Waals surface area (Å²) in [5.41, 5.74) is 0.140. The first kappa shape index (κ1) is 17.2. The van der Waals surface area contributed by atoms with Gasteiger partial charge in [0.1, 0.15) is 0 Å². The lowest BCUT2D eigenvalue weighted by atomic mass is 9.49. The van der Waals surface area contributed by atoms with Gasteiger partial charge in [-0.05, 0) is 73.5 Å². The van der Waals surface area contributed by atoms with Crippen LogP contribution in [0.4, 0.5) is 0 Å². The maximum Gasteiger partial charge on any atom is 0.0661 e. The zero-order valence-corrected chi connectivity index (χ0v) is 15.0. The first-order valence-corrected chi connectivity index (χ1v) is 9.61. The lowest BCUT2D eigenvalue weighted by Crippen LogP contribution is -2.54. The van der Waals surface area contributed by atoms with Gasteiger partial charge in [0.05, 0.1) is 24.2 Å². The highest BCUT2D eigenvalue weighted by Gasteiger charge is 2.59. The molecule has 0 aromatic heterocycles. The number of hydrogen-bond donors (Lipinski definition) is 2. The van der Waals surface area contributed by atoms with Crippen LogP contribution in [0.15, 0.2) is 0 Å². The highest BCUT2D eigenvalue weighted by atomic mass is 16.3. The molecule has 130 valence electrons. The molecule has 0 spiro atoms. The molecule has 0 aromatic carbocycles. The Kier molecular flexibility index (Phi) is 4.53. The van der Waals surface area contributed by atoms with E-state index in [1.165, 1.54) is 0 Å². The van der Waals surface area contributed by atoms with Crippen molar-refractivity contribution in [2.45, 2.75) is 84.3 Å². The lowest BCUT2D eigenvalue weighted by Gasteiger charge is -2.56. The molecule has 3 fully saturated rings. The van der Waals surface area contributed by atoms with Crippen molar-refractivity contribution in [3.05, 3.63) is 0 Å². The molecular formula is C20H33NO2. The van der Waals surface area contributed by atoms with Gasteiger partial charge in [-0.2, -0.15) is 5.26 Å². The number of nitriles is 1. The molecule has 0 aliphatic heterocycles. The summed E-state index contributed by atoms with van der Waals surface area (Å²) in [4.78, 5) is 0. The smallest absolute Gasteiger partial charge is 0.0661 e. The summed E-state index contributed by atoms with van der Waals surface area (Å²) >= 11 is 0. The van der Waals surface area contributed by atoms with Crippen molar-refractivity contribution in [1.82, 2.24) is 0 Å². The molecule has 3 aliphatic rings. The van der Waals surface area contributed by atoms with Crippen LogP contribution >= 0.6 is 0 Å². The van der Waals surface area contributed by atoms with Crippen molar-refractivity contribution in [3.63, 3.8) is 0 Å². The van der Waals surface area contributed by atoms with E-state index in [-0.39, 0.29) is 29.0 Å². The minimum absolute atomic E-state index is 0.00408. The Labute approximate surface area is 141 Å². The molecule has 3 saturated carbocycles. The average Bonchev–Trinajstić information content (AvgIpc) is 2.84. The second-order valence-electron chi connectivity index (χ2n) is 9.13. The number of aliphatic hydroxyl groups excluding tert-OH is 2. The minimum Gasteiger partial charge on any atom is -0.393 e. The van der Waals surface area contributed by atoms with Crippen molar-refractivity contribution in [3.8, 4) is 6.07 Å². The fourth-order valence-electron chi connectivity index (χ4n) is 6.70. The van der Waals surface area contributed by atoms with Crippen molar-refractivity contribution in [1.29, 1.82) is 5.26 Å². The highest BCUT2D eigenvalue weighted by molar-refractivity contribution is 5.12. The van der Waals surface area contributed by atoms with Crippen molar-refractivity contribution in [2.75, 3.05) is 0 Å². The van der Waals surface area contributed by atoms with Crippen LogP contribution in [0.3, 0.4) is 0 Å². The van der Waals surface area contributed by atoms with Crippen LogP contribution in [-0.2, 0) is 0 Å². The Morgan fingerprint density at radius 1 is 1.09 bits per heavy atom. The second kappa shape index (κ2) is 6.05. The number of nitrogens with zero attached hydrogens (tertiary/aromatic N) is 1. The summed E-state index contributed by atoms with van der Waals surface area (Å²) in [6, 6.07) is 2.53. The van der Waals surface area contributed by atoms with Crippen LogP contribution < -0.4 is 0 Å². The molecule has 3 nitrogen and oxygen atoms in total. The van der Waals surface area contributed by atoms with E-state index in [9.17, 15) is 15.5 Å². The fourth-order valence-corrected chi connectivity index (χ4v) is 6.70. The Morgan fingerprint density at radius 2 is 1.74 bits per heavy atom. The van der Waals surface area contributed by atoms with Gasteiger partial charge in [-0.3, -0.25) is 0 Å². The molecule has 0 saturated heterocycles. The molecule has 0 heterocycles. The van der Waals surface area contributed by atoms with Gasteiger partial charge in [-0.1, -0.05) is 27.2 Å². The molecule has 6 atom stereocenters. The van der Waals surface area contributed by atoms with Gasteiger partial charge in [-0.25, -0.2) is 0 Å². The van der Waals surface area contributed by atoms with Crippen LogP contribution in [0.1, 0.15) is 72.1 Å². The van der Waals surface area contributed by atoms with Gasteiger partial charge >= 0.3 is 0 Å². The molecular weight excluding hydrogens is 286 g/mol. The molecule has 3 aliphatic carbocycles. The van der Waals surface area contributed by atoms with E-state index in [1.54, 1.807) is 0 Å². The van der Waals surface area contributed by atoms with Crippen molar-refractivity contribution < 1.29 is 10.2 Å². The van der Waals surface area contributed by atoms with Gasteiger partial charge in [0.25, 0.3) is 0 Å². The van der Waals surface area contributed by atoms with E-state index < -0.39 is 0 Å². The number of hydrogen-bond acceptors (Lipinski definition) is 3. The first-order chi connectivity index (χ1) is 10.9. The maximum absolute atomic E-state index is 11.1. The normalized spacial score (nSPS) is 53.6. The molecule has 0 amide bonds. The third kappa shape index (κ3) is 2.63. The Hall–Kier alpha value is -0.590. The van der Waals surface area contributed by atoms with Gasteiger partial charge < -0.3 is 10.2 Å². The van der Waals surface area contributed by atoms with Crippen LogP contribution in [-0.4, -0.2) is 22.4 Å².